The fourth-order valence-electron chi connectivity index (χ4n) is 2.57. The highest BCUT2D eigenvalue weighted by Gasteiger charge is 2.30. The van der Waals surface area contributed by atoms with E-state index < -0.39 is 0 Å². The normalized spacial score (nSPS) is 21.1. The summed E-state index contributed by atoms with van der Waals surface area (Å²) in [6, 6.07) is -0.184. The first-order chi connectivity index (χ1) is 9.04. The monoisotopic (exact) mass is 270 g/mol. The Morgan fingerprint density at radius 1 is 1.37 bits per heavy atom. The minimum absolute atomic E-state index is 0.141. The molecule has 1 atom stereocenters. The molecule has 0 radical (unpaired) electrons. The summed E-state index contributed by atoms with van der Waals surface area (Å²) in [5.74, 6) is -0.141. The number of hydrogen-bond acceptors (Lipinski definition) is 4. The highest BCUT2D eigenvalue weighted by Crippen LogP contribution is 2.33. The van der Waals surface area contributed by atoms with Gasteiger partial charge in [-0.1, -0.05) is 27.2 Å². The molecule has 0 aromatic rings. The number of hydrogen-bond donors (Lipinski definition) is 1. The second-order valence-electron chi connectivity index (χ2n) is 5.99. The highest BCUT2D eigenvalue weighted by atomic mass is 16.5. The van der Waals surface area contributed by atoms with E-state index in [1.165, 1.54) is 26.4 Å². The van der Waals surface area contributed by atoms with E-state index in [0.717, 1.165) is 32.6 Å². The number of methoxy groups -OCH3 is 1. The number of carbonyl (C=O) groups is 1. The van der Waals surface area contributed by atoms with Crippen LogP contribution in [0.25, 0.3) is 0 Å². The Kier molecular flexibility index (Phi) is 6.80. The minimum Gasteiger partial charge on any atom is -0.468 e. The molecule has 0 aromatic carbocycles. The average Bonchev–Trinajstić information content (AvgIpc) is 2.44. The first-order valence-electron chi connectivity index (χ1n) is 7.58. The number of nitrogens with zero attached hydrogens (tertiary/aromatic N) is 1. The SMILES string of the molecule is CCCNC(CN1CCC(C)(CC)CC1)C(=O)OC. The van der Waals surface area contributed by atoms with Crippen molar-refractivity contribution in [3.63, 3.8) is 0 Å². The van der Waals surface area contributed by atoms with Crippen LogP contribution >= 0.6 is 0 Å². The van der Waals surface area contributed by atoms with Gasteiger partial charge >= 0.3 is 5.97 Å². The zero-order valence-corrected chi connectivity index (χ0v) is 13.0. The maximum absolute atomic E-state index is 11.8. The Morgan fingerprint density at radius 3 is 2.47 bits per heavy atom. The van der Waals surface area contributed by atoms with Crippen LogP contribution in [0.2, 0.25) is 0 Å². The number of rotatable bonds is 7. The van der Waals surface area contributed by atoms with Crippen LogP contribution in [0.3, 0.4) is 0 Å². The van der Waals surface area contributed by atoms with Crippen LogP contribution in [0.4, 0.5) is 0 Å². The fraction of sp³-hybridized carbons (Fsp3) is 0.933. The van der Waals surface area contributed by atoms with Crippen molar-refractivity contribution in [2.75, 3.05) is 33.3 Å². The van der Waals surface area contributed by atoms with Gasteiger partial charge in [-0.05, 0) is 44.3 Å². The lowest BCUT2D eigenvalue weighted by atomic mass is 9.78. The summed E-state index contributed by atoms with van der Waals surface area (Å²) in [6.45, 7) is 10.6. The summed E-state index contributed by atoms with van der Waals surface area (Å²) >= 11 is 0. The van der Waals surface area contributed by atoms with Crippen molar-refractivity contribution in [1.29, 1.82) is 0 Å². The van der Waals surface area contributed by atoms with Gasteiger partial charge in [-0.2, -0.15) is 0 Å². The van der Waals surface area contributed by atoms with Crippen molar-refractivity contribution in [2.24, 2.45) is 5.41 Å². The molecule has 1 unspecified atom stereocenters. The molecule has 0 saturated carbocycles. The summed E-state index contributed by atoms with van der Waals surface area (Å²) in [5.41, 5.74) is 0.494. The molecule has 1 rings (SSSR count). The smallest absolute Gasteiger partial charge is 0.324 e. The maximum atomic E-state index is 11.8. The molecular weight excluding hydrogens is 240 g/mol. The van der Waals surface area contributed by atoms with Gasteiger partial charge in [0.2, 0.25) is 0 Å². The molecule has 4 nitrogen and oxygen atoms in total. The van der Waals surface area contributed by atoms with Crippen molar-refractivity contribution >= 4 is 5.97 Å². The number of nitrogens with one attached hydrogen (secondary N) is 1. The van der Waals surface area contributed by atoms with Gasteiger partial charge in [0.25, 0.3) is 0 Å². The predicted molar refractivity (Wildman–Crippen MR) is 78.2 cm³/mol. The molecule has 0 spiro atoms. The van der Waals surface area contributed by atoms with Gasteiger partial charge in [0, 0.05) is 6.54 Å². The van der Waals surface area contributed by atoms with Gasteiger partial charge in [-0.15, -0.1) is 0 Å². The average molecular weight is 270 g/mol. The van der Waals surface area contributed by atoms with Gasteiger partial charge in [0.1, 0.15) is 6.04 Å². The third-order valence-corrected chi connectivity index (χ3v) is 4.48. The molecule has 1 N–H and O–H groups in total. The van der Waals surface area contributed by atoms with Crippen molar-refractivity contribution in [2.45, 2.75) is 52.5 Å². The summed E-state index contributed by atoms with van der Waals surface area (Å²) in [4.78, 5) is 14.2. The van der Waals surface area contributed by atoms with E-state index in [1.54, 1.807) is 0 Å². The first-order valence-corrected chi connectivity index (χ1v) is 7.58. The molecule has 0 amide bonds. The number of carbonyl (C=O) groups excluding carboxylic acids is 1. The predicted octanol–water partition coefficient (Wildman–Crippen LogP) is 2.04. The lowest BCUT2D eigenvalue weighted by molar-refractivity contribution is -0.143. The second kappa shape index (κ2) is 7.85. The molecule has 1 heterocycles. The van der Waals surface area contributed by atoms with Gasteiger partial charge in [0.05, 0.1) is 7.11 Å². The molecule has 1 fully saturated rings. The second-order valence-corrected chi connectivity index (χ2v) is 5.99. The third-order valence-electron chi connectivity index (χ3n) is 4.48. The molecule has 1 aliphatic rings. The zero-order valence-electron chi connectivity index (χ0n) is 13.0. The van der Waals surface area contributed by atoms with Crippen LogP contribution < -0.4 is 5.32 Å². The molecule has 4 heteroatoms. The molecule has 19 heavy (non-hydrogen) atoms. The topological polar surface area (TPSA) is 41.6 Å². The molecule has 0 aliphatic carbocycles. The van der Waals surface area contributed by atoms with E-state index in [2.05, 4.69) is 31.0 Å². The molecule has 112 valence electrons. The van der Waals surface area contributed by atoms with Gasteiger partial charge in [0.15, 0.2) is 0 Å². The molecule has 0 aromatic heterocycles. The Labute approximate surface area is 117 Å². The third kappa shape index (κ3) is 5.11. The largest absolute Gasteiger partial charge is 0.468 e. The number of ether oxygens (including phenoxy) is 1. The van der Waals surface area contributed by atoms with E-state index in [9.17, 15) is 4.79 Å². The lowest BCUT2D eigenvalue weighted by Gasteiger charge is -2.39. The summed E-state index contributed by atoms with van der Waals surface area (Å²) in [5, 5.41) is 3.29. The Morgan fingerprint density at radius 2 is 2.00 bits per heavy atom. The standard InChI is InChI=1S/C15H30N2O2/c1-5-9-16-13(14(18)19-4)12-17-10-7-15(3,6-2)8-11-17/h13,16H,5-12H2,1-4H3. The van der Waals surface area contributed by atoms with Gasteiger partial charge in [-0.3, -0.25) is 4.79 Å². The van der Waals surface area contributed by atoms with Crippen molar-refractivity contribution < 1.29 is 9.53 Å². The van der Waals surface area contributed by atoms with Crippen LogP contribution in [0.5, 0.6) is 0 Å². The van der Waals surface area contributed by atoms with Crippen LogP contribution in [0, 0.1) is 5.41 Å². The number of esters is 1. The van der Waals surface area contributed by atoms with Crippen LogP contribution in [-0.4, -0.2) is 50.2 Å². The first kappa shape index (κ1) is 16.4. The Balaban J connectivity index is 2.45. The summed E-state index contributed by atoms with van der Waals surface area (Å²) < 4.78 is 4.88. The summed E-state index contributed by atoms with van der Waals surface area (Å²) in [7, 11) is 1.47. The van der Waals surface area contributed by atoms with Gasteiger partial charge in [-0.25, -0.2) is 0 Å². The van der Waals surface area contributed by atoms with E-state index in [1.807, 2.05) is 0 Å². The fourth-order valence-corrected chi connectivity index (χ4v) is 2.57. The van der Waals surface area contributed by atoms with E-state index >= 15 is 0 Å². The molecule has 1 aliphatic heterocycles. The van der Waals surface area contributed by atoms with E-state index in [0.29, 0.717) is 5.41 Å². The van der Waals surface area contributed by atoms with Crippen molar-refractivity contribution in [1.82, 2.24) is 10.2 Å². The molecule has 1 saturated heterocycles. The van der Waals surface area contributed by atoms with Crippen molar-refractivity contribution in [3.05, 3.63) is 0 Å². The Hall–Kier alpha value is -0.610. The van der Waals surface area contributed by atoms with E-state index in [-0.39, 0.29) is 12.0 Å². The van der Waals surface area contributed by atoms with Crippen molar-refractivity contribution in [3.8, 4) is 0 Å². The maximum Gasteiger partial charge on any atom is 0.324 e. The Bertz CT molecular complexity index is 273. The van der Waals surface area contributed by atoms with E-state index in [4.69, 9.17) is 4.74 Å². The number of likely N-dealkylation sites (tertiary alicyclic amines) is 1. The molecule has 0 bridgehead atoms. The summed E-state index contributed by atoms with van der Waals surface area (Å²) in [6.07, 6.45) is 4.73. The van der Waals surface area contributed by atoms with Crippen LogP contribution in [0.15, 0.2) is 0 Å². The zero-order chi connectivity index (χ0) is 14.3. The quantitative estimate of drug-likeness (QED) is 0.719. The molecular formula is C15H30N2O2. The lowest BCUT2D eigenvalue weighted by Crippen LogP contribution is -2.49. The number of piperidine rings is 1. The van der Waals surface area contributed by atoms with Crippen LogP contribution in [-0.2, 0) is 9.53 Å². The van der Waals surface area contributed by atoms with Gasteiger partial charge < -0.3 is 15.0 Å². The minimum atomic E-state index is -0.184. The highest BCUT2D eigenvalue weighted by molar-refractivity contribution is 5.75. The van der Waals surface area contributed by atoms with Crippen LogP contribution in [0.1, 0.15) is 46.5 Å².